The van der Waals surface area contributed by atoms with Crippen molar-refractivity contribution in [3.8, 4) is 0 Å². The molecule has 146 valence electrons. The summed E-state index contributed by atoms with van der Waals surface area (Å²) in [7, 11) is 0. The van der Waals surface area contributed by atoms with Crippen LogP contribution >= 0.6 is 11.8 Å². The molecule has 0 bridgehead atoms. The minimum Gasteiger partial charge on any atom is -0.383 e. The van der Waals surface area contributed by atoms with Crippen molar-refractivity contribution in [2.45, 2.75) is 32.9 Å². The Kier molecular flexibility index (Phi) is 5.77. The van der Waals surface area contributed by atoms with Crippen molar-refractivity contribution < 1.29 is 0 Å². The second-order valence-corrected chi connectivity index (χ2v) is 8.74. The molecule has 0 aromatic carbocycles. The number of nitrogens with zero attached hydrogens (tertiary/aromatic N) is 7. The molecule has 2 aliphatic rings. The second-order valence-electron chi connectivity index (χ2n) is 7.51. The van der Waals surface area contributed by atoms with Gasteiger partial charge in [0.1, 0.15) is 5.82 Å². The van der Waals surface area contributed by atoms with Crippen LogP contribution in [0.4, 0.5) is 11.8 Å². The van der Waals surface area contributed by atoms with Gasteiger partial charge in [-0.05, 0) is 25.7 Å². The Hall–Kier alpha value is -1.87. The van der Waals surface area contributed by atoms with Gasteiger partial charge < -0.3 is 10.6 Å². The van der Waals surface area contributed by atoms with E-state index < -0.39 is 0 Å². The predicted molar refractivity (Wildman–Crippen MR) is 109 cm³/mol. The van der Waals surface area contributed by atoms with Gasteiger partial charge in [-0.1, -0.05) is 5.21 Å². The molecule has 2 saturated heterocycles. The first-order valence-electron chi connectivity index (χ1n) is 9.70. The van der Waals surface area contributed by atoms with Crippen molar-refractivity contribution in [2.75, 3.05) is 48.3 Å². The first kappa shape index (κ1) is 18.5. The van der Waals surface area contributed by atoms with Gasteiger partial charge in [-0.3, -0.25) is 9.58 Å². The van der Waals surface area contributed by atoms with Gasteiger partial charge in [0.2, 0.25) is 5.95 Å². The summed E-state index contributed by atoms with van der Waals surface area (Å²) in [6.45, 7) is 7.94. The highest BCUT2D eigenvalue weighted by Gasteiger charge is 2.23. The van der Waals surface area contributed by atoms with E-state index in [4.69, 9.17) is 5.73 Å². The molecule has 0 unspecified atom stereocenters. The van der Waals surface area contributed by atoms with Crippen LogP contribution in [0.3, 0.4) is 0 Å². The molecule has 2 fully saturated rings. The summed E-state index contributed by atoms with van der Waals surface area (Å²) < 4.78 is 2.01. The molecule has 4 heterocycles. The molecule has 2 aromatic heterocycles. The maximum absolute atomic E-state index is 5.96. The van der Waals surface area contributed by atoms with Crippen molar-refractivity contribution in [3.05, 3.63) is 23.7 Å². The Labute approximate surface area is 164 Å². The lowest BCUT2D eigenvalue weighted by molar-refractivity contribution is 0.291. The average Bonchev–Trinajstić information content (AvgIpc) is 3.12. The lowest BCUT2D eigenvalue weighted by Gasteiger charge is -2.32. The minimum atomic E-state index is 0.519. The molecular weight excluding hydrogens is 360 g/mol. The van der Waals surface area contributed by atoms with Gasteiger partial charge in [0.05, 0.1) is 5.69 Å². The van der Waals surface area contributed by atoms with Crippen LogP contribution in [0.15, 0.2) is 12.4 Å². The Balaban J connectivity index is 1.34. The van der Waals surface area contributed by atoms with Crippen molar-refractivity contribution in [3.63, 3.8) is 0 Å². The topological polar surface area (TPSA) is 89.0 Å². The van der Waals surface area contributed by atoms with Gasteiger partial charge >= 0.3 is 0 Å². The fourth-order valence-corrected chi connectivity index (χ4v) is 4.73. The molecule has 4 rings (SSSR count). The Bertz CT molecular complexity index is 758. The fourth-order valence-electron chi connectivity index (χ4n) is 3.75. The van der Waals surface area contributed by atoms with E-state index in [1.165, 1.54) is 17.9 Å². The molecule has 2 aromatic rings. The summed E-state index contributed by atoms with van der Waals surface area (Å²) in [5.41, 5.74) is 7.96. The molecule has 0 amide bonds. The molecule has 8 nitrogen and oxygen atoms in total. The van der Waals surface area contributed by atoms with E-state index in [1.807, 2.05) is 29.6 Å². The van der Waals surface area contributed by atoms with Crippen molar-refractivity contribution in [1.29, 1.82) is 0 Å². The number of aromatic nitrogens is 5. The molecule has 2 aliphatic heterocycles. The fraction of sp³-hybridized carbons (Fsp3) is 0.667. The Morgan fingerprint density at radius 3 is 2.93 bits per heavy atom. The van der Waals surface area contributed by atoms with Crippen molar-refractivity contribution in [2.24, 2.45) is 5.92 Å². The van der Waals surface area contributed by atoms with Gasteiger partial charge in [-0.2, -0.15) is 16.7 Å². The molecule has 2 N–H and O–H groups in total. The summed E-state index contributed by atoms with van der Waals surface area (Å²) in [6, 6.07) is 0. The Morgan fingerprint density at radius 1 is 1.26 bits per heavy atom. The van der Waals surface area contributed by atoms with Crippen LogP contribution in [0, 0.1) is 12.8 Å². The summed E-state index contributed by atoms with van der Waals surface area (Å²) >= 11 is 2.03. The molecule has 0 radical (unpaired) electrons. The van der Waals surface area contributed by atoms with Crippen LogP contribution < -0.4 is 10.6 Å². The van der Waals surface area contributed by atoms with Crippen LogP contribution in [0.1, 0.15) is 24.1 Å². The smallest absolute Gasteiger partial charge is 0.227 e. The van der Waals surface area contributed by atoms with E-state index in [0.29, 0.717) is 11.7 Å². The molecule has 0 aliphatic carbocycles. The molecule has 0 spiro atoms. The van der Waals surface area contributed by atoms with Crippen molar-refractivity contribution >= 4 is 23.5 Å². The largest absolute Gasteiger partial charge is 0.383 e. The van der Waals surface area contributed by atoms with Crippen LogP contribution in [0.5, 0.6) is 0 Å². The maximum Gasteiger partial charge on any atom is 0.227 e. The van der Waals surface area contributed by atoms with E-state index in [-0.39, 0.29) is 0 Å². The summed E-state index contributed by atoms with van der Waals surface area (Å²) in [6.07, 6.45) is 6.25. The summed E-state index contributed by atoms with van der Waals surface area (Å²) in [5.74, 6) is 4.27. The Morgan fingerprint density at radius 2 is 2.11 bits per heavy atom. The predicted octanol–water partition coefficient (Wildman–Crippen LogP) is 1.42. The third-order valence-corrected chi connectivity index (χ3v) is 6.26. The highest BCUT2D eigenvalue weighted by atomic mass is 32.2. The second kappa shape index (κ2) is 8.43. The summed E-state index contributed by atoms with van der Waals surface area (Å²) in [5, 5.41) is 8.75. The lowest BCUT2D eigenvalue weighted by atomic mass is 9.98. The third-order valence-electron chi connectivity index (χ3n) is 5.32. The van der Waals surface area contributed by atoms with E-state index in [1.54, 1.807) is 0 Å². The normalized spacial score (nSPS) is 21.5. The van der Waals surface area contributed by atoms with Gasteiger partial charge in [0, 0.05) is 68.7 Å². The lowest BCUT2D eigenvalue weighted by Crippen LogP contribution is -2.38. The van der Waals surface area contributed by atoms with Crippen LogP contribution in [-0.2, 0) is 13.1 Å². The van der Waals surface area contributed by atoms with Gasteiger partial charge in [-0.15, -0.1) is 5.10 Å². The zero-order valence-corrected chi connectivity index (χ0v) is 16.7. The van der Waals surface area contributed by atoms with Gasteiger partial charge in [0.15, 0.2) is 0 Å². The SMILES string of the molecule is Cc1cnc(N2CCC[C@H](Cn3cc(CN4CCSCC4)nn3)C2)nc1N. The molecule has 0 saturated carbocycles. The van der Waals surface area contributed by atoms with Crippen LogP contribution in [0.2, 0.25) is 0 Å². The number of nitrogen functional groups attached to an aromatic ring is 1. The first-order chi connectivity index (χ1) is 13.2. The third kappa shape index (κ3) is 4.70. The number of piperidine rings is 1. The van der Waals surface area contributed by atoms with E-state index in [9.17, 15) is 0 Å². The maximum atomic E-state index is 5.96. The zero-order valence-electron chi connectivity index (χ0n) is 15.9. The average molecular weight is 389 g/mol. The number of thioether (sulfide) groups is 1. The number of anilines is 2. The van der Waals surface area contributed by atoms with Crippen LogP contribution in [-0.4, -0.2) is 67.5 Å². The standard InChI is InChI=1S/C18H28N8S/c1-14-9-20-18(21-17(14)19)25-4-2-3-15(10-25)11-26-13-16(22-23-26)12-24-5-7-27-8-6-24/h9,13,15H,2-8,10-12H2,1H3,(H2,19,20,21)/t15-/m0/s1. The van der Waals surface area contributed by atoms with Gasteiger partial charge in [-0.25, -0.2) is 4.98 Å². The molecular formula is C18H28N8S. The van der Waals surface area contributed by atoms with E-state index in [2.05, 4.69) is 36.3 Å². The quantitative estimate of drug-likeness (QED) is 0.823. The van der Waals surface area contributed by atoms with Crippen molar-refractivity contribution in [1.82, 2.24) is 29.9 Å². The molecule has 27 heavy (non-hydrogen) atoms. The monoisotopic (exact) mass is 388 g/mol. The summed E-state index contributed by atoms with van der Waals surface area (Å²) in [4.78, 5) is 13.6. The zero-order chi connectivity index (χ0) is 18.6. The van der Waals surface area contributed by atoms with E-state index in [0.717, 1.165) is 62.9 Å². The van der Waals surface area contributed by atoms with Crippen LogP contribution in [0.25, 0.3) is 0 Å². The van der Waals surface area contributed by atoms with Gasteiger partial charge in [0.25, 0.3) is 0 Å². The number of hydrogen-bond acceptors (Lipinski definition) is 8. The number of aryl methyl sites for hydroxylation is 1. The molecule has 1 atom stereocenters. The highest BCUT2D eigenvalue weighted by molar-refractivity contribution is 7.99. The molecule has 9 heteroatoms. The number of nitrogens with two attached hydrogens (primary N) is 1. The minimum absolute atomic E-state index is 0.519. The first-order valence-corrected chi connectivity index (χ1v) is 10.9. The van der Waals surface area contributed by atoms with E-state index >= 15 is 0 Å². The highest BCUT2D eigenvalue weighted by Crippen LogP contribution is 2.23. The number of rotatable bonds is 5. The number of hydrogen-bond donors (Lipinski definition) is 1.